The van der Waals surface area contributed by atoms with Crippen molar-refractivity contribution < 1.29 is 4.79 Å². The van der Waals surface area contributed by atoms with Gasteiger partial charge >= 0.3 is 0 Å². The Bertz CT molecular complexity index is 275. The molecule has 4 nitrogen and oxygen atoms in total. The average molecular weight is 283 g/mol. The lowest BCUT2D eigenvalue weighted by Gasteiger charge is -2.33. The Hall–Kier alpha value is -0.610. The number of carbonyl (C=O) groups excluding carboxylic acids is 1. The molecular formula is C16H33N3O. The lowest BCUT2D eigenvalue weighted by atomic mass is 9.94. The summed E-state index contributed by atoms with van der Waals surface area (Å²) in [5.74, 6) is 1.64. The van der Waals surface area contributed by atoms with Gasteiger partial charge in [0.15, 0.2) is 0 Å². The molecule has 0 saturated carbocycles. The molecular weight excluding hydrogens is 250 g/mol. The Labute approximate surface area is 124 Å². The van der Waals surface area contributed by atoms with Crippen LogP contribution in [0.25, 0.3) is 0 Å². The third kappa shape index (κ3) is 6.23. The molecule has 0 aromatic carbocycles. The van der Waals surface area contributed by atoms with Crippen molar-refractivity contribution in [1.29, 1.82) is 0 Å². The second kappa shape index (κ2) is 8.63. The van der Waals surface area contributed by atoms with Gasteiger partial charge in [0.25, 0.3) is 0 Å². The minimum absolute atomic E-state index is 0.284. The van der Waals surface area contributed by atoms with Crippen LogP contribution in [0.5, 0.6) is 0 Å². The van der Waals surface area contributed by atoms with E-state index < -0.39 is 0 Å². The zero-order valence-electron chi connectivity index (χ0n) is 14.0. The maximum atomic E-state index is 12.3. The topological polar surface area (TPSA) is 35.6 Å². The molecule has 1 saturated heterocycles. The Kier molecular flexibility index (Phi) is 7.52. The van der Waals surface area contributed by atoms with E-state index in [0.29, 0.717) is 24.4 Å². The maximum Gasteiger partial charge on any atom is 0.236 e. The van der Waals surface area contributed by atoms with Crippen molar-refractivity contribution in [3.05, 3.63) is 0 Å². The van der Waals surface area contributed by atoms with Crippen molar-refractivity contribution in [2.45, 2.75) is 46.6 Å². The summed E-state index contributed by atoms with van der Waals surface area (Å²) in [6.07, 6.45) is 2.34. The molecule has 0 unspecified atom stereocenters. The van der Waals surface area contributed by atoms with Gasteiger partial charge in [0.1, 0.15) is 0 Å². The number of likely N-dealkylation sites (N-methyl/N-ethyl adjacent to an activating group) is 1. The SMILES string of the molecule is CC(C)CC(CC(C)C)N(C)CC(=O)N1CCNCC1. The van der Waals surface area contributed by atoms with Crippen LogP contribution >= 0.6 is 0 Å². The van der Waals surface area contributed by atoms with Gasteiger partial charge in [0, 0.05) is 32.2 Å². The molecule has 4 heteroatoms. The molecule has 1 heterocycles. The van der Waals surface area contributed by atoms with Crippen molar-refractivity contribution in [2.24, 2.45) is 11.8 Å². The number of nitrogens with one attached hydrogen (secondary N) is 1. The summed E-state index contributed by atoms with van der Waals surface area (Å²) < 4.78 is 0. The molecule has 1 amide bonds. The summed E-state index contributed by atoms with van der Waals surface area (Å²) in [5.41, 5.74) is 0. The van der Waals surface area contributed by atoms with Gasteiger partial charge in [-0.3, -0.25) is 9.69 Å². The molecule has 0 atom stereocenters. The Balaban J connectivity index is 2.50. The highest BCUT2D eigenvalue weighted by Gasteiger charge is 2.23. The molecule has 1 fully saturated rings. The number of carbonyl (C=O) groups is 1. The van der Waals surface area contributed by atoms with Gasteiger partial charge in [-0.25, -0.2) is 0 Å². The third-order valence-corrected chi connectivity index (χ3v) is 3.96. The van der Waals surface area contributed by atoms with E-state index in [1.807, 2.05) is 4.90 Å². The zero-order chi connectivity index (χ0) is 15.1. The van der Waals surface area contributed by atoms with Crippen molar-refractivity contribution in [3.63, 3.8) is 0 Å². The first-order valence-electron chi connectivity index (χ1n) is 8.08. The number of nitrogens with zero attached hydrogens (tertiary/aromatic N) is 2. The van der Waals surface area contributed by atoms with Gasteiger partial charge in [-0.05, 0) is 31.7 Å². The first-order valence-corrected chi connectivity index (χ1v) is 8.08. The monoisotopic (exact) mass is 283 g/mol. The maximum absolute atomic E-state index is 12.3. The largest absolute Gasteiger partial charge is 0.339 e. The normalized spacial score (nSPS) is 16.8. The highest BCUT2D eigenvalue weighted by atomic mass is 16.2. The summed E-state index contributed by atoms with van der Waals surface area (Å²) in [5, 5.41) is 3.29. The van der Waals surface area contributed by atoms with Crippen LogP contribution < -0.4 is 5.32 Å². The first-order chi connectivity index (χ1) is 9.40. The van der Waals surface area contributed by atoms with Crippen LogP contribution in [0.1, 0.15) is 40.5 Å². The average Bonchev–Trinajstić information content (AvgIpc) is 2.37. The molecule has 1 aliphatic heterocycles. The summed E-state index contributed by atoms with van der Waals surface area (Å²) in [6.45, 7) is 13.2. The molecule has 0 aromatic heterocycles. The molecule has 1 rings (SSSR count). The molecule has 0 aromatic rings. The first kappa shape index (κ1) is 17.4. The molecule has 0 aliphatic carbocycles. The van der Waals surface area contributed by atoms with Crippen LogP contribution in [0.3, 0.4) is 0 Å². The van der Waals surface area contributed by atoms with Gasteiger partial charge in [0.2, 0.25) is 5.91 Å². The fraction of sp³-hybridized carbons (Fsp3) is 0.938. The van der Waals surface area contributed by atoms with Crippen LogP contribution in [0.4, 0.5) is 0 Å². The van der Waals surface area contributed by atoms with Gasteiger partial charge in [0.05, 0.1) is 6.54 Å². The van der Waals surface area contributed by atoms with E-state index >= 15 is 0 Å². The summed E-state index contributed by atoms with van der Waals surface area (Å²) >= 11 is 0. The second-order valence-corrected chi connectivity index (χ2v) is 6.96. The van der Waals surface area contributed by atoms with Crippen molar-refractivity contribution in [2.75, 3.05) is 39.8 Å². The van der Waals surface area contributed by atoms with E-state index in [0.717, 1.165) is 26.2 Å². The molecule has 20 heavy (non-hydrogen) atoms. The smallest absolute Gasteiger partial charge is 0.236 e. The number of piperazine rings is 1. The van der Waals surface area contributed by atoms with E-state index in [1.165, 1.54) is 12.8 Å². The van der Waals surface area contributed by atoms with Crippen LogP contribution in [0, 0.1) is 11.8 Å². The van der Waals surface area contributed by atoms with E-state index in [-0.39, 0.29) is 5.91 Å². The Morgan fingerprint density at radius 2 is 1.60 bits per heavy atom. The Morgan fingerprint density at radius 1 is 1.10 bits per heavy atom. The predicted octanol–water partition coefficient (Wildman–Crippen LogP) is 1.81. The number of hydrogen-bond acceptors (Lipinski definition) is 3. The van der Waals surface area contributed by atoms with E-state index in [4.69, 9.17) is 0 Å². The molecule has 0 spiro atoms. The van der Waals surface area contributed by atoms with E-state index in [2.05, 4.69) is 45.0 Å². The highest BCUT2D eigenvalue weighted by Crippen LogP contribution is 2.18. The minimum Gasteiger partial charge on any atom is -0.339 e. The highest BCUT2D eigenvalue weighted by molar-refractivity contribution is 5.78. The van der Waals surface area contributed by atoms with Crippen LogP contribution in [-0.2, 0) is 4.79 Å². The molecule has 118 valence electrons. The zero-order valence-corrected chi connectivity index (χ0v) is 14.0. The Morgan fingerprint density at radius 3 is 2.05 bits per heavy atom. The van der Waals surface area contributed by atoms with Crippen molar-refractivity contribution in [3.8, 4) is 0 Å². The van der Waals surface area contributed by atoms with Crippen molar-refractivity contribution >= 4 is 5.91 Å². The predicted molar refractivity (Wildman–Crippen MR) is 84.8 cm³/mol. The summed E-state index contributed by atoms with van der Waals surface area (Å²) in [6, 6.07) is 0.516. The quantitative estimate of drug-likeness (QED) is 0.774. The summed E-state index contributed by atoms with van der Waals surface area (Å²) in [4.78, 5) is 16.6. The van der Waals surface area contributed by atoms with E-state index in [1.54, 1.807) is 0 Å². The van der Waals surface area contributed by atoms with E-state index in [9.17, 15) is 4.79 Å². The summed E-state index contributed by atoms with van der Waals surface area (Å²) in [7, 11) is 2.11. The van der Waals surface area contributed by atoms with Gasteiger partial charge in [-0.1, -0.05) is 27.7 Å². The molecule has 1 aliphatic rings. The standard InChI is InChI=1S/C16H33N3O/c1-13(2)10-15(11-14(3)4)18(5)12-16(20)19-8-6-17-7-9-19/h13-15,17H,6-12H2,1-5H3. The number of amides is 1. The number of hydrogen-bond donors (Lipinski definition) is 1. The lowest BCUT2D eigenvalue weighted by molar-refractivity contribution is -0.133. The van der Waals surface area contributed by atoms with Gasteiger partial charge in [-0.15, -0.1) is 0 Å². The fourth-order valence-corrected chi connectivity index (χ4v) is 2.90. The van der Waals surface area contributed by atoms with Gasteiger partial charge < -0.3 is 10.2 Å². The lowest BCUT2D eigenvalue weighted by Crippen LogP contribution is -2.50. The fourth-order valence-electron chi connectivity index (χ4n) is 2.90. The van der Waals surface area contributed by atoms with Crippen LogP contribution in [0.2, 0.25) is 0 Å². The molecule has 1 N–H and O–H groups in total. The second-order valence-electron chi connectivity index (χ2n) is 6.96. The van der Waals surface area contributed by atoms with Crippen LogP contribution in [0.15, 0.2) is 0 Å². The molecule has 0 bridgehead atoms. The third-order valence-electron chi connectivity index (χ3n) is 3.96. The molecule has 0 radical (unpaired) electrons. The van der Waals surface area contributed by atoms with Crippen molar-refractivity contribution in [1.82, 2.24) is 15.1 Å². The van der Waals surface area contributed by atoms with Crippen LogP contribution in [-0.4, -0.2) is 61.5 Å². The van der Waals surface area contributed by atoms with Gasteiger partial charge in [-0.2, -0.15) is 0 Å². The minimum atomic E-state index is 0.284. The number of rotatable bonds is 7.